The summed E-state index contributed by atoms with van der Waals surface area (Å²) in [6.45, 7) is 10.5. The van der Waals surface area contributed by atoms with Gasteiger partial charge in [0.05, 0.1) is 12.3 Å². The van der Waals surface area contributed by atoms with Crippen LogP contribution in [0.25, 0.3) is 0 Å². The third-order valence-electron chi connectivity index (χ3n) is 5.57. The molecule has 0 spiro atoms. The molecule has 3 rings (SSSR count). The van der Waals surface area contributed by atoms with Crippen molar-refractivity contribution in [1.29, 1.82) is 0 Å². The molecule has 0 aliphatic carbocycles. The molecular formula is C23H33N5O2S. The number of amides is 1. The minimum absolute atomic E-state index is 0.0464. The largest absolute Gasteiger partial charge is 0.378 e. The number of nitrogens with zero attached hydrogens (tertiary/aromatic N) is 5. The molecule has 0 radical (unpaired) electrons. The summed E-state index contributed by atoms with van der Waals surface area (Å²) in [5, 5.41) is 0.758. The molecule has 1 aromatic heterocycles. The highest BCUT2D eigenvalue weighted by molar-refractivity contribution is 7.98. The van der Waals surface area contributed by atoms with E-state index in [1.54, 1.807) is 23.8 Å². The van der Waals surface area contributed by atoms with E-state index in [9.17, 15) is 4.79 Å². The van der Waals surface area contributed by atoms with Crippen molar-refractivity contribution < 1.29 is 9.53 Å². The SMILES string of the molecule is CCN1CCN(c2cc(COC)nc(SCc3ccc(C(=O)N(C)CC)cc3)n2)CC1. The van der Waals surface area contributed by atoms with Crippen LogP contribution in [0, 0.1) is 0 Å². The molecular weight excluding hydrogens is 410 g/mol. The van der Waals surface area contributed by atoms with Gasteiger partial charge in [-0.1, -0.05) is 30.8 Å². The molecule has 1 amide bonds. The van der Waals surface area contributed by atoms with Gasteiger partial charge < -0.3 is 19.4 Å². The molecule has 168 valence electrons. The Hall–Kier alpha value is -2.16. The first-order chi connectivity index (χ1) is 15.0. The van der Waals surface area contributed by atoms with Crippen LogP contribution in [-0.4, -0.2) is 79.1 Å². The zero-order valence-corrected chi connectivity index (χ0v) is 19.8. The molecule has 0 unspecified atom stereocenters. The minimum Gasteiger partial charge on any atom is -0.378 e. The smallest absolute Gasteiger partial charge is 0.253 e. The van der Waals surface area contributed by atoms with E-state index in [-0.39, 0.29) is 5.91 Å². The van der Waals surface area contributed by atoms with E-state index in [1.165, 1.54) is 0 Å². The molecule has 0 atom stereocenters. The zero-order valence-electron chi connectivity index (χ0n) is 19.0. The van der Waals surface area contributed by atoms with Crippen LogP contribution in [0.4, 0.5) is 5.82 Å². The summed E-state index contributed by atoms with van der Waals surface area (Å²) in [5.74, 6) is 1.77. The number of benzene rings is 1. The van der Waals surface area contributed by atoms with Gasteiger partial charge in [0.15, 0.2) is 5.16 Å². The first-order valence-electron chi connectivity index (χ1n) is 10.9. The number of aromatic nitrogens is 2. The standard InChI is InChI=1S/C23H33N5O2S/c1-5-26(3)22(29)19-9-7-18(8-10-19)17-31-23-24-20(16-30-4)15-21(25-23)28-13-11-27(6-2)12-14-28/h7-10,15H,5-6,11-14,16-17H2,1-4H3. The summed E-state index contributed by atoms with van der Waals surface area (Å²) >= 11 is 1.61. The molecule has 2 heterocycles. The lowest BCUT2D eigenvalue weighted by Gasteiger charge is -2.34. The summed E-state index contributed by atoms with van der Waals surface area (Å²) in [5.41, 5.74) is 2.75. The molecule has 1 saturated heterocycles. The van der Waals surface area contributed by atoms with Crippen molar-refractivity contribution in [1.82, 2.24) is 19.8 Å². The highest BCUT2D eigenvalue weighted by atomic mass is 32.2. The first-order valence-corrected chi connectivity index (χ1v) is 11.8. The Morgan fingerprint density at radius 1 is 1.13 bits per heavy atom. The van der Waals surface area contributed by atoms with Crippen LogP contribution in [-0.2, 0) is 17.1 Å². The second kappa shape index (κ2) is 11.5. The van der Waals surface area contributed by atoms with Gasteiger partial charge in [-0.15, -0.1) is 0 Å². The number of carbonyl (C=O) groups is 1. The van der Waals surface area contributed by atoms with E-state index in [2.05, 4.69) is 21.7 Å². The van der Waals surface area contributed by atoms with Gasteiger partial charge >= 0.3 is 0 Å². The van der Waals surface area contributed by atoms with Crippen molar-refractivity contribution >= 4 is 23.5 Å². The average Bonchev–Trinajstić information content (AvgIpc) is 2.82. The number of rotatable bonds is 9. The molecule has 31 heavy (non-hydrogen) atoms. The lowest BCUT2D eigenvalue weighted by atomic mass is 10.1. The van der Waals surface area contributed by atoms with Crippen molar-refractivity contribution in [2.45, 2.75) is 31.4 Å². The maximum absolute atomic E-state index is 12.3. The molecule has 1 aliphatic rings. The molecule has 2 aromatic rings. The number of hydrogen-bond acceptors (Lipinski definition) is 7. The highest BCUT2D eigenvalue weighted by Crippen LogP contribution is 2.24. The number of anilines is 1. The van der Waals surface area contributed by atoms with Crippen molar-refractivity contribution in [3.05, 3.63) is 47.2 Å². The Morgan fingerprint density at radius 3 is 2.45 bits per heavy atom. The van der Waals surface area contributed by atoms with Crippen molar-refractivity contribution in [3.8, 4) is 0 Å². The van der Waals surface area contributed by atoms with Crippen LogP contribution in [0.3, 0.4) is 0 Å². The maximum atomic E-state index is 12.3. The Bertz CT molecular complexity index is 854. The number of carbonyl (C=O) groups excluding carboxylic acids is 1. The van der Waals surface area contributed by atoms with Crippen LogP contribution in [0.2, 0.25) is 0 Å². The average molecular weight is 444 g/mol. The monoisotopic (exact) mass is 443 g/mol. The number of piperazine rings is 1. The molecule has 0 N–H and O–H groups in total. The molecule has 0 saturated carbocycles. The number of methoxy groups -OCH3 is 1. The van der Waals surface area contributed by atoms with Crippen LogP contribution in [0.1, 0.15) is 35.5 Å². The van der Waals surface area contributed by atoms with E-state index in [0.29, 0.717) is 18.7 Å². The number of likely N-dealkylation sites (N-methyl/N-ethyl adjacent to an activating group) is 1. The molecule has 1 aromatic carbocycles. The maximum Gasteiger partial charge on any atom is 0.253 e. The first kappa shape index (κ1) is 23.5. The summed E-state index contributed by atoms with van der Waals surface area (Å²) < 4.78 is 5.32. The quantitative estimate of drug-likeness (QED) is 0.436. The summed E-state index contributed by atoms with van der Waals surface area (Å²) in [6.07, 6.45) is 0. The third-order valence-corrected chi connectivity index (χ3v) is 6.49. The molecule has 7 nitrogen and oxygen atoms in total. The highest BCUT2D eigenvalue weighted by Gasteiger charge is 2.18. The van der Waals surface area contributed by atoms with Gasteiger partial charge in [0.2, 0.25) is 0 Å². The predicted molar refractivity (Wildman–Crippen MR) is 126 cm³/mol. The van der Waals surface area contributed by atoms with Crippen LogP contribution >= 0.6 is 11.8 Å². The van der Waals surface area contributed by atoms with E-state index >= 15 is 0 Å². The summed E-state index contributed by atoms with van der Waals surface area (Å²) in [6, 6.07) is 9.84. The molecule has 0 bridgehead atoms. The van der Waals surface area contributed by atoms with E-state index in [1.807, 2.05) is 44.3 Å². The van der Waals surface area contributed by atoms with E-state index < -0.39 is 0 Å². The van der Waals surface area contributed by atoms with Crippen LogP contribution < -0.4 is 4.90 Å². The Balaban J connectivity index is 1.68. The van der Waals surface area contributed by atoms with Gasteiger partial charge in [0.25, 0.3) is 5.91 Å². The van der Waals surface area contributed by atoms with Crippen LogP contribution in [0.15, 0.2) is 35.5 Å². The second-order valence-corrected chi connectivity index (χ2v) is 8.60. The molecule has 1 fully saturated rings. The zero-order chi connectivity index (χ0) is 22.2. The molecule has 8 heteroatoms. The minimum atomic E-state index is 0.0464. The number of hydrogen-bond donors (Lipinski definition) is 0. The fourth-order valence-corrected chi connectivity index (χ4v) is 4.28. The van der Waals surface area contributed by atoms with Gasteiger partial charge in [0.1, 0.15) is 5.82 Å². The van der Waals surface area contributed by atoms with E-state index in [0.717, 1.165) is 60.7 Å². The second-order valence-electron chi connectivity index (χ2n) is 7.66. The number of thioether (sulfide) groups is 1. The Kier molecular flexibility index (Phi) is 8.69. The Labute approximate surface area is 189 Å². The van der Waals surface area contributed by atoms with Gasteiger partial charge in [-0.05, 0) is 31.2 Å². The van der Waals surface area contributed by atoms with Crippen LogP contribution in [0.5, 0.6) is 0 Å². The normalized spacial score (nSPS) is 14.6. The fraction of sp³-hybridized carbons (Fsp3) is 0.522. The van der Waals surface area contributed by atoms with Gasteiger partial charge in [0, 0.05) is 64.3 Å². The lowest BCUT2D eigenvalue weighted by molar-refractivity contribution is 0.0802. The molecule has 1 aliphatic heterocycles. The van der Waals surface area contributed by atoms with Crippen molar-refractivity contribution in [2.24, 2.45) is 0 Å². The summed E-state index contributed by atoms with van der Waals surface area (Å²) in [7, 11) is 3.50. The van der Waals surface area contributed by atoms with Gasteiger partial charge in [-0.3, -0.25) is 4.79 Å². The van der Waals surface area contributed by atoms with E-state index in [4.69, 9.17) is 9.72 Å². The third kappa shape index (κ3) is 6.41. The topological polar surface area (TPSA) is 61.8 Å². The fourth-order valence-electron chi connectivity index (χ4n) is 3.46. The van der Waals surface area contributed by atoms with Gasteiger partial charge in [-0.25, -0.2) is 9.97 Å². The predicted octanol–water partition coefficient (Wildman–Crippen LogP) is 3.15. The van der Waals surface area contributed by atoms with Crippen molar-refractivity contribution in [3.63, 3.8) is 0 Å². The number of ether oxygens (including phenoxy) is 1. The Morgan fingerprint density at radius 2 is 1.84 bits per heavy atom. The van der Waals surface area contributed by atoms with Crippen molar-refractivity contribution in [2.75, 3.05) is 58.3 Å². The van der Waals surface area contributed by atoms with Gasteiger partial charge in [-0.2, -0.15) is 0 Å². The summed E-state index contributed by atoms with van der Waals surface area (Å²) in [4.78, 5) is 28.3. The lowest BCUT2D eigenvalue weighted by Crippen LogP contribution is -2.46.